The molecule has 256 valence electrons. The van der Waals surface area contributed by atoms with Crippen molar-refractivity contribution in [2.45, 2.75) is 59.7 Å². The number of amides is 2. The number of benzene rings is 3. The molecule has 0 atom stereocenters. The number of halogens is 2. The number of methoxy groups -OCH3 is 1. The molecule has 12 heteroatoms. The molecule has 0 aliphatic carbocycles. The summed E-state index contributed by atoms with van der Waals surface area (Å²) in [7, 11) is 1.56. The van der Waals surface area contributed by atoms with Crippen LogP contribution in [0.4, 0.5) is 10.6 Å². The highest BCUT2D eigenvalue weighted by atomic mass is 35.5. The van der Waals surface area contributed by atoms with E-state index in [0.29, 0.717) is 40.1 Å². The number of carbonyl (C=O) groups excluding carboxylic acids is 1. The SMILES string of the molecule is COc1ccc(Cn2c(C)cc(OCc3ccccc3CNC(=O)Nc3cc(C(C)(C)C)nn3-c3ccc(Cl)c(O)c3)c(C)c2=O)cc1Cl. The number of phenolic OH excluding ortho intramolecular Hbond substituents is 1. The summed E-state index contributed by atoms with van der Waals surface area (Å²) in [5.41, 5.74) is 4.65. The quantitative estimate of drug-likeness (QED) is 0.136. The van der Waals surface area contributed by atoms with Gasteiger partial charge in [0, 0.05) is 29.8 Å². The van der Waals surface area contributed by atoms with Crippen LogP contribution in [0.2, 0.25) is 10.0 Å². The first-order chi connectivity index (χ1) is 23.2. The number of aromatic hydroxyl groups is 1. The largest absolute Gasteiger partial charge is 0.506 e. The minimum absolute atomic E-state index is 0.0911. The fourth-order valence-corrected chi connectivity index (χ4v) is 5.61. The van der Waals surface area contributed by atoms with E-state index >= 15 is 0 Å². The average Bonchev–Trinajstić information content (AvgIpc) is 3.49. The lowest BCUT2D eigenvalue weighted by molar-refractivity contribution is 0.251. The maximum Gasteiger partial charge on any atom is 0.320 e. The van der Waals surface area contributed by atoms with Crippen molar-refractivity contribution < 1.29 is 19.4 Å². The van der Waals surface area contributed by atoms with Crippen LogP contribution in [0.25, 0.3) is 5.69 Å². The highest BCUT2D eigenvalue weighted by Crippen LogP contribution is 2.30. The van der Waals surface area contributed by atoms with Crippen molar-refractivity contribution in [3.63, 3.8) is 0 Å². The fraction of sp³-hybridized carbons (Fsp3) is 0.270. The number of nitrogens with one attached hydrogen (secondary N) is 2. The Hall–Kier alpha value is -4.93. The second-order valence-electron chi connectivity index (χ2n) is 12.7. The van der Waals surface area contributed by atoms with Crippen molar-refractivity contribution >= 4 is 35.1 Å². The molecule has 0 aliphatic rings. The van der Waals surface area contributed by atoms with Crippen LogP contribution in [0.5, 0.6) is 17.2 Å². The van der Waals surface area contributed by atoms with Gasteiger partial charge in [-0.2, -0.15) is 5.10 Å². The maximum atomic E-state index is 13.4. The van der Waals surface area contributed by atoms with E-state index in [2.05, 4.69) is 15.7 Å². The van der Waals surface area contributed by atoms with E-state index in [1.54, 1.807) is 53.6 Å². The molecule has 0 fully saturated rings. The normalized spacial score (nSPS) is 11.3. The molecule has 10 nitrogen and oxygen atoms in total. The van der Waals surface area contributed by atoms with E-state index in [4.69, 9.17) is 32.7 Å². The van der Waals surface area contributed by atoms with Crippen LogP contribution in [0.1, 0.15) is 54.4 Å². The van der Waals surface area contributed by atoms with Crippen molar-refractivity contribution in [3.8, 4) is 22.9 Å². The van der Waals surface area contributed by atoms with E-state index in [9.17, 15) is 14.7 Å². The number of anilines is 1. The molecular formula is C37H39Cl2N5O5. The number of pyridine rings is 1. The third kappa shape index (κ3) is 8.21. The van der Waals surface area contributed by atoms with Gasteiger partial charge in [0.25, 0.3) is 5.56 Å². The minimum atomic E-state index is -0.441. The number of phenols is 1. The van der Waals surface area contributed by atoms with Crippen LogP contribution in [0.3, 0.4) is 0 Å². The van der Waals surface area contributed by atoms with Crippen molar-refractivity contribution in [1.29, 1.82) is 0 Å². The smallest absolute Gasteiger partial charge is 0.320 e. The van der Waals surface area contributed by atoms with Gasteiger partial charge >= 0.3 is 6.03 Å². The lowest BCUT2D eigenvalue weighted by atomic mass is 9.92. The second-order valence-corrected chi connectivity index (χ2v) is 13.5. The number of hydrogen-bond donors (Lipinski definition) is 3. The van der Waals surface area contributed by atoms with E-state index < -0.39 is 6.03 Å². The van der Waals surface area contributed by atoms with Crippen LogP contribution in [0.15, 0.2) is 77.6 Å². The zero-order valence-electron chi connectivity index (χ0n) is 28.2. The third-order valence-electron chi connectivity index (χ3n) is 8.09. The molecule has 49 heavy (non-hydrogen) atoms. The number of ether oxygens (including phenoxy) is 2. The third-order valence-corrected chi connectivity index (χ3v) is 8.71. The number of aryl methyl sites for hydroxylation is 1. The Bertz CT molecular complexity index is 2070. The van der Waals surface area contributed by atoms with Gasteiger partial charge in [-0.3, -0.25) is 10.1 Å². The van der Waals surface area contributed by atoms with E-state index in [-0.39, 0.29) is 34.9 Å². The van der Waals surface area contributed by atoms with Gasteiger partial charge in [-0.1, -0.05) is 74.3 Å². The first-order valence-electron chi connectivity index (χ1n) is 15.6. The van der Waals surface area contributed by atoms with Gasteiger partial charge in [-0.15, -0.1) is 0 Å². The number of aromatic nitrogens is 3. The van der Waals surface area contributed by atoms with Crippen LogP contribution >= 0.6 is 23.2 Å². The maximum absolute atomic E-state index is 13.4. The first-order valence-corrected chi connectivity index (χ1v) is 16.4. The van der Waals surface area contributed by atoms with E-state index in [1.165, 1.54) is 6.07 Å². The van der Waals surface area contributed by atoms with Crippen LogP contribution in [-0.4, -0.2) is 32.6 Å². The Morgan fingerprint density at radius 2 is 1.67 bits per heavy atom. The van der Waals surface area contributed by atoms with E-state index in [1.807, 2.05) is 64.1 Å². The highest BCUT2D eigenvalue weighted by molar-refractivity contribution is 6.32. The molecule has 0 radical (unpaired) electrons. The van der Waals surface area contributed by atoms with Gasteiger partial charge in [-0.25, -0.2) is 9.48 Å². The molecule has 0 aliphatic heterocycles. The minimum Gasteiger partial charge on any atom is -0.506 e. The van der Waals surface area contributed by atoms with Gasteiger partial charge in [-0.05, 0) is 60.9 Å². The lowest BCUT2D eigenvalue weighted by Crippen LogP contribution is -2.29. The standard InChI is InChI=1S/C37H39Cl2N5O5/c1-22-15-32(23(2)35(46)43(22)20-24-11-14-31(48-6)29(39)16-24)49-21-26-10-8-7-9-25(26)19-40-36(47)41-34-18-33(37(3,4)5)42-44(34)27-12-13-28(38)30(45)17-27/h7-18,45H,19-21H2,1-6H3,(H2,40,41,47). The summed E-state index contributed by atoms with van der Waals surface area (Å²) in [6.45, 7) is 10.4. The molecule has 0 spiro atoms. The summed E-state index contributed by atoms with van der Waals surface area (Å²) in [6, 6.07) is 21.1. The summed E-state index contributed by atoms with van der Waals surface area (Å²) in [6.07, 6.45) is 0. The van der Waals surface area contributed by atoms with Crippen LogP contribution in [0, 0.1) is 13.8 Å². The number of urea groups is 1. The lowest BCUT2D eigenvalue weighted by Gasteiger charge is -2.17. The fourth-order valence-electron chi connectivity index (χ4n) is 5.21. The molecule has 0 bridgehead atoms. The molecule has 3 aromatic carbocycles. The molecular weight excluding hydrogens is 665 g/mol. The Labute approximate surface area is 295 Å². The van der Waals surface area contributed by atoms with Crippen LogP contribution < -0.4 is 25.7 Å². The molecule has 2 heterocycles. The van der Waals surface area contributed by atoms with Crippen molar-refractivity contribution in [3.05, 3.63) is 127 Å². The zero-order chi connectivity index (χ0) is 35.5. The molecule has 0 unspecified atom stereocenters. The van der Waals surface area contributed by atoms with Crippen molar-refractivity contribution in [1.82, 2.24) is 19.7 Å². The number of rotatable bonds is 10. The summed E-state index contributed by atoms with van der Waals surface area (Å²) in [5.74, 6) is 1.40. The monoisotopic (exact) mass is 703 g/mol. The van der Waals surface area contributed by atoms with Gasteiger partial charge < -0.3 is 24.5 Å². The summed E-state index contributed by atoms with van der Waals surface area (Å²) in [5, 5.41) is 21.4. The Kier molecular flexibility index (Phi) is 10.6. The first kappa shape index (κ1) is 35.4. The summed E-state index contributed by atoms with van der Waals surface area (Å²) >= 11 is 12.3. The molecule has 2 aromatic heterocycles. The zero-order valence-corrected chi connectivity index (χ0v) is 29.7. The molecule has 2 amide bonds. The van der Waals surface area contributed by atoms with Gasteiger partial charge in [0.1, 0.15) is 29.7 Å². The Balaban J connectivity index is 1.27. The number of nitrogens with zero attached hydrogens (tertiary/aromatic N) is 3. The highest BCUT2D eigenvalue weighted by Gasteiger charge is 2.22. The molecule has 5 rings (SSSR count). The van der Waals surface area contributed by atoms with Crippen molar-refractivity contribution in [2.24, 2.45) is 0 Å². The van der Waals surface area contributed by atoms with Gasteiger partial charge in [0.15, 0.2) is 0 Å². The molecule has 0 saturated heterocycles. The summed E-state index contributed by atoms with van der Waals surface area (Å²) in [4.78, 5) is 26.5. The predicted molar refractivity (Wildman–Crippen MR) is 193 cm³/mol. The number of hydrogen-bond acceptors (Lipinski definition) is 6. The molecule has 3 N–H and O–H groups in total. The Morgan fingerprint density at radius 1 is 0.939 bits per heavy atom. The van der Waals surface area contributed by atoms with E-state index in [0.717, 1.165) is 28.1 Å². The number of carbonyl (C=O) groups is 1. The Morgan fingerprint density at radius 3 is 2.35 bits per heavy atom. The average molecular weight is 705 g/mol. The predicted octanol–water partition coefficient (Wildman–Crippen LogP) is 7.92. The molecule has 0 saturated carbocycles. The second kappa shape index (κ2) is 14.7. The topological polar surface area (TPSA) is 120 Å². The van der Waals surface area contributed by atoms with Gasteiger partial charge in [0.05, 0.1) is 40.6 Å². The molecule has 5 aromatic rings. The van der Waals surface area contributed by atoms with Crippen molar-refractivity contribution in [2.75, 3.05) is 12.4 Å². The van der Waals surface area contributed by atoms with Crippen LogP contribution in [-0.2, 0) is 25.1 Å². The summed E-state index contributed by atoms with van der Waals surface area (Å²) < 4.78 is 14.7. The van der Waals surface area contributed by atoms with Gasteiger partial charge in [0.2, 0.25) is 0 Å².